The van der Waals surface area contributed by atoms with E-state index in [-0.39, 0.29) is 29.9 Å². The number of methoxy groups -OCH3 is 1. The van der Waals surface area contributed by atoms with Crippen molar-refractivity contribution < 1.29 is 32.0 Å². The maximum absolute atomic E-state index is 12.5. The normalized spacial score (nSPS) is 11.2. The highest BCUT2D eigenvalue weighted by Crippen LogP contribution is 2.29. The van der Waals surface area contributed by atoms with Gasteiger partial charge >= 0.3 is 18.0 Å². The Morgan fingerprint density at radius 2 is 2.08 bits per heavy atom. The second-order valence-electron chi connectivity index (χ2n) is 4.58. The molecule has 0 aliphatic carbocycles. The smallest absolute Gasteiger partial charge is 0.469 e. The van der Waals surface area contributed by atoms with Crippen LogP contribution in [0.25, 0.3) is 11.4 Å². The summed E-state index contributed by atoms with van der Waals surface area (Å²) in [6, 6.07) is 5.69. The van der Waals surface area contributed by atoms with Crippen LogP contribution in [0.3, 0.4) is 0 Å². The molecule has 2 aromatic rings. The zero-order valence-corrected chi connectivity index (χ0v) is 12.4. The summed E-state index contributed by atoms with van der Waals surface area (Å²) >= 11 is 0. The highest BCUT2D eigenvalue weighted by Gasteiger charge is 2.38. The number of alkyl halides is 3. The monoisotopic (exact) mass is 343 g/mol. The van der Waals surface area contributed by atoms with Gasteiger partial charge < -0.3 is 14.6 Å². The fourth-order valence-corrected chi connectivity index (χ4v) is 1.74. The lowest BCUT2D eigenvalue weighted by Gasteiger charge is -2.05. The van der Waals surface area contributed by atoms with Crippen LogP contribution >= 0.6 is 0 Å². The SMILES string of the molecule is COC(=O)CCNC(=O)c1cccc(-c2noc(C(F)(F)F)n2)c1. The van der Waals surface area contributed by atoms with Crippen LogP contribution < -0.4 is 5.32 Å². The average molecular weight is 343 g/mol. The molecule has 1 heterocycles. The lowest BCUT2D eigenvalue weighted by atomic mass is 10.1. The summed E-state index contributed by atoms with van der Waals surface area (Å²) in [5, 5.41) is 5.74. The van der Waals surface area contributed by atoms with Gasteiger partial charge in [-0.15, -0.1) is 0 Å². The number of amides is 1. The van der Waals surface area contributed by atoms with Crippen LogP contribution in [-0.4, -0.2) is 35.7 Å². The van der Waals surface area contributed by atoms with Crippen molar-refractivity contribution in [3.05, 3.63) is 35.7 Å². The number of nitrogens with zero attached hydrogens (tertiary/aromatic N) is 2. The molecular weight excluding hydrogens is 331 g/mol. The molecule has 1 N–H and O–H groups in total. The van der Waals surface area contributed by atoms with Gasteiger partial charge in [-0.1, -0.05) is 17.3 Å². The quantitative estimate of drug-likeness (QED) is 0.835. The van der Waals surface area contributed by atoms with Crippen LogP contribution in [0, 0.1) is 0 Å². The Hall–Kier alpha value is -2.91. The van der Waals surface area contributed by atoms with Gasteiger partial charge in [0.15, 0.2) is 0 Å². The van der Waals surface area contributed by atoms with Crippen LogP contribution in [0.5, 0.6) is 0 Å². The average Bonchev–Trinajstić information content (AvgIpc) is 3.05. The van der Waals surface area contributed by atoms with Crippen LogP contribution in [0.2, 0.25) is 0 Å². The molecule has 7 nitrogen and oxygen atoms in total. The van der Waals surface area contributed by atoms with Gasteiger partial charge in [0.05, 0.1) is 13.5 Å². The summed E-state index contributed by atoms with van der Waals surface area (Å²) in [6.45, 7) is 0.0656. The first-order chi connectivity index (χ1) is 11.3. The number of esters is 1. The van der Waals surface area contributed by atoms with Crippen LogP contribution in [-0.2, 0) is 15.7 Å². The molecule has 24 heavy (non-hydrogen) atoms. The Labute approximate surface area is 133 Å². The highest BCUT2D eigenvalue weighted by atomic mass is 19.4. The van der Waals surface area contributed by atoms with E-state index in [1.807, 2.05) is 0 Å². The number of ether oxygens (including phenoxy) is 1. The van der Waals surface area contributed by atoms with Crippen LogP contribution in [0.15, 0.2) is 28.8 Å². The minimum Gasteiger partial charge on any atom is -0.469 e. The molecule has 2 rings (SSSR count). The first-order valence-electron chi connectivity index (χ1n) is 6.67. The van der Waals surface area contributed by atoms with Crippen LogP contribution in [0.4, 0.5) is 13.2 Å². The van der Waals surface area contributed by atoms with Crippen molar-refractivity contribution in [1.29, 1.82) is 0 Å². The summed E-state index contributed by atoms with van der Waals surface area (Å²) in [5.74, 6) is -2.73. The molecule has 0 spiro atoms. The number of carbonyl (C=O) groups excluding carboxylic acids is 2. The number of nitrogens with one attached hydrogen (secondary N) is 1. The first-order valence-corrected chi connectivity index (χ1v) is 6.67. The van der Waals surface area contributed by atoms with Gasteiger partial charge in [-0.05, 0) is 12.1 Å². The Morgan fingerprint density at radius 1 is 1.33 bits per heavy atom. The molecular formula is C14H12F3N3O4. The molecule has 0 radical (unpaired) electrons. The maximum atomic E-state index is 12.5. The molecule has 0 saturated heterocycles. The van der Waals surface area contributed by atoms with Crippen molar-refractivity contribution in [2.45, 2.75) is 12.6 Å². The number of hydrogen-bond donors (Lipinski definition) is 1. The molecule has 0 unspecified atom stereocenters. The van der Waals surface area contributed by atoms with E-state index in [1.165, 1.54) is 31.4 Å². The largest absolute Gasteiger partial charge is 0.471 e. The predicted octanol–water partition coefficient (Wildman–Crippen LogP) is 2.05. The zero-order chi connectivity index (χ0) is 17.7. The third-order valence-electron chi connectivity index (χ3n) is 2.89. The first kappa shape index (κ1) is 17.4. The Kier molecular flexibility index (Phi) is 5.17. The second kappa shape index (κ2) is 7.11. The van der Waals surface area contributed by atoms with Crippen molar-refractivity contribution in [2.24, 2.45) is 0 Å². The van der Waals surface area contributed by atoms with Gasteiger partial charge in [-0.25, -0.2) is 0 Å². The molecule has 128 valence electrons. The zero-order valence-electron chi connectivity index (χ0n) is 12.4. The lowest BCUT2D eigenvalue weighted by Crippen LogP contribution is -2.26. The second-order valence-corrected chi connectivity index (χ2v) is 4.58. The minimum atomic E-state index is -4.74. The van der Waals surface area contributed by atoms with E-state index in [1.54, 1.807) is 0 Å². The number of aromatic nitrogens is 2. The molecule has 0 atom stereocenters. The molecule has 0 fully saturated rings. The minimum absolute atomic E-state index is 0.00170. The Bertz CT molecular complexity index is 743. The van der Waals surface area contributed by atoms with E-state index in [4.69, 9.17) is 0 Å². The van der Waals surface area contributed by atoms with Crippen LogP contribution in [0.1, 0.15) is 22.7 Å². The summed E-state index contributed by atoms with van der Waals surface area (Å²) in [5.41, 5.74) is 0.366. The third-order valence-corrected chi connectivity index (χ3v) is 2.89. The molecule has 1 aromatic heterocycles. The van der Waals surface area contributed by atoms with Gasteiger partial charge in [0.2, 0.25) is 5.82 Å². The fraction of sp³-hybridized carbons (Fsp3) is 0.286. The number of halogens is 3. The topological polar surface area (TPSA) is 94.3 Å². The number of rotatable bonds is 5. The van der Waals surface area contributed by atoms with Gasteiger partial charge in [-0.2, -0.15) is 18.2 Å². The van der Waals surface area contributed by atoms with Crippen molar-refractivity contribution in [2.75, 3.05) is 13.7 Å². The van der Waals surface area contributed by atoms with E-state index in [0.717, 1.165) is 0 Å². The Balaban J connectivity index is 2.10. The number of benzene rings is 1. The number of hydrogen-bond acceptors (Lipinski definition) is 6. The van der Waals surface area contributed by atoms with Crippen molar-refractivity contribution >= 4 is 11.9 Å². The fourth-order valence-electron chi connectivity index (χ4n) is 1.74. The lowest BCUT2D eigenvalue weighted by molar-refractivity contribution is -0.159. The summed E-state index contributed by atoms with van der Waals surface area (Å²) < 4.78 is 46.0. The maximum Gasteiger partial charge on any atom is 0.471 e. The van der Waals surface area contributed by atoms with Crippen molar-refractivity contribution in [1.82, 2.24) is 15.5 Å². The van der Waals surface area contributed by atoms with Gasteiger partial charge in [-0.3, -0.25) is 9.59 Å². The van der Waals surface area contributed by atoms with E-state index in [9.17, 15) is 22.8 Å². The van der Waals surface area contributed by atoms with Crippen molar-refractivity contribution in [3.63, 3.8) is 0 Å². The third kappa shape index (κ3) is 4.31. The van der Waals surface area contributed by atoms with Gasteiger partial charge in [0.25, 0.3) is 5.91 Å². The molecule has 1 amide bonds. The van der Waals surface area contributed by atoms with E-state index in [2.05, 4.69) is 24.7 Å². The summed E-state index contributed by atoms with van der Waals surface area (Å²) in [6.07, 6.45) is -4.74. The van der Waals surface area contributed by atoms with E-state index >= 15 is 0 Å². The number of carbonyl (C=O) groups is 2. The van der Waals surface area contributed by atoms with Gasteiger partial charge in [0, 0.05) is 17.7 Å². The van der Waals surface area contributed by atoms with Gasteiger partial charge in [0.1, 0.15) is 0 Å². The summed E-state index contributed by atoms with van der Waals surface area (Å²) in [4.78, 5) is 26.2. The van der Waals surface area contributed by atoms with E-state index < -0.39 is 23.9 Å². The standard InChI is InChI=1S/C14H12F3N3O4/c1-23-10(21)5-6-18-12(22)9-4-2-3-8(7-9)11-19-13(24-20-11)14(15,16)17/h2-4,7H,5-6H2,1H3,(H,18,22). The molecule has 0 aliphatic heterocycles. The molecule has 0 bridgehead atoms. The molecule has 1 aromatic carbocycles. The molecule has 0 aliphatic rings. The van der Waals surface area contributed by atoms with E-state index in [0.29, 0.717) is 0 Å². The molecule has 10 heteroatoms. The molecule has 0 saturated carbocycles. The Morgan fingerprint density at radius 3 is 2.71 bits per heavy atom. The van der Waals surface area contributed by atoms with Crippen molar-refractivity contribution in [3.8, 4) is 11.4 Å². The predicted molar refractivity (Wildman–Crippen MR) is 73.7 cm³/mol. The highest BCUT2D eigenvalue weighted by molar-refractivity contribution is 5.95. The summed E-state index contributed by atoms with van der Waals surface area (Å²) in [7, 11) is 1.23.